The number of amides is 1. The lowest BCUT2D eigenvalue weighted by Crippen LogP contribution is -2.27. The fourth-order valence-electron chi connectivity index (χ4n) is 2.80. The second-order valence-electron chi connectivity index (χ2n) is 6.64. The molecule has 0 unspecified atom stereocenters. The standard InChI is InChI=1S/C19H21ClN6O4/c1-4-24-11-14(13(2)21-24)10-23(3)19(27)17-7-8-25(22-17)12-30-18-6-5-15(26(28)29)9-16(18)20/h5-9,11H,4,10,12H2,1-3H3. The third kappa shape index (κ3) is 4.77. The van der Waals surface area contributed by atoms with Gasteiger partial charge in [-0.15, -0.1) is 0 Å². The van der Waals surface area contributed by atoms with E-state index in [9.17, 15) is 14.9 Å². The predicted molar refractivity (Wildman–Crippen MR) is 109 cm³/mol. The molecule has 0 spiro atoms. The molecule has 0 aliphatic carbocycles. The number of nitro groups is 1. The van der Waals surface area contributed by atoms with Crippen LogP contribution in [0.4, 0.5) is 5.69 Å². The first-order valence-corrected chi connectivity index (χ1v) is 9.55. The van der Waals surface area contributed by atoms with E-state index in [0.29, 0.717) is 6.54 Å². The van der Waals surface area contributed by atoms with Crippen molar-refractivity contribution in [3.05, 3.63) is 68.7 Å². The van der Waals surface area contributed by atoms with Crippen LogP contribution in [-0.4, -0.2) is 42.3 Å². The van der Waals surface area contributed by atoms with E-state index in [1.807, 2.05) is 24.7 Å². The maximum Gasteiger partial charge on any atom is 0.274 e. The zero-order valence-corrected chi connectivity index (χ0v) is 17.5. The van der Waals surface area contributed by atoms with Gasteiger partial charge in [-0.2, -0.15) is 10.2 Å². The monoisotopic (exact) mass is 432 g/mol. The molecule has 0 aliphatic heterocycles. The number of carbonyl (C=O) groups is 1. The fraction of sp³-hybridized carbons (Fsp3) is 0.316. The van der Waals surface area contributed by atoms with Crippen molar-refractivity contribution in [2.24, 2.45) is 0 Å². The van der Waals surface area contributed by atoms with E-state index in [1.54, 1.807) is 24.2 Å². The molecule has 10 nitrogen and oxygen atoms in total. The molecule has 158 valence electrons. The number of hydrogen-bond acceptors (Lipinski definition) is 6. The molecule has 0 atom stereocenters. The molecule has 3 rings (SSSR count). The normalized spacial score (nSPS) is 10.8. The number of nitrogens with zero attached hydrogens (tertiary/aromatic N) is 6. The van der Waals surface area contributed by atoms with Crippen molar-refractivity contribution < 1.29 is 14.5 Å². The number of benzene rings is 1. The predicted octanol–water partition coefficient (Wildman–Crippen LogP) is 3.28. The summed E-state index contributed by atoms with van der Waals surface area (Å²) in [5, 5.41) is 19.5. The SMILES string of the molecule is CCn1cc(CN(C)C(=O)c2ccn(COc3ccc([N+](=O)[O-])cc3Cl)n2)c(C)n1. The summed E-state index contributed by atoms with van der Waals surface area (Å²) in [6.45, 7) is 5.10. The van der Waals surface area contributed by atoms with Crippen LogP contribution in [0.25, 0.3) is 0 Å². The van der Waals surface area contributed by atoms with Gasteiger partial charge >= 0.3 is 0 Å². The molecule has 0 bridgehead atoms. The van der Waals surface area contributed by atoms with Gasteiger partial charge in [0.15, 0.2) is 12.4 Å². The summed E-state index contributed by atoms with van der Waals surface area (Å²) in [6.07, 6.45) is 3.54. The summed E-state index contributed by atoms with van der Waals surface area (Å²) in [7, 11) is 1.71. The van der Waals surface area contributed by atoms with E-state index in [4.69, 9.17) is 16.3 Å². The molecule has 2 heterocycles. The maximum absolute atomic E-state index is 12.7. The number of ether oxygens (including phenoxy) is 1. The van der Waals surface area contributed by atoms with Crippen LogP contribution in [-0.2, 0) is 19.8 Å². The van der Waals surface area contributed by atoms with E-state index in [0.717, 1.165) is 17.8 Å². The smallest absolute Gasteiger partial charge is 0.274 e. The highest BCUT2D eigenvalue weighted by Crippen LogP contribution is 2.28. The third-order valence-electron chi connectivity index (χ3n) is 4.46. The molecular formula is C19H21ClN6O4. The van der Waals surface area contributed by atoms with Crippen LogP contribution in [0.1, 0.15) is 28.7 Å². The number of aromatic nitrogens is 4. The van der Waals surface area contributed by atoms with Crippen molar-refractivity contribution in [2.45, 2.75) is 33.7 Å². The van der Waals surface area contributed by atoms with Crippen molar-refractivity contribution in [3.63, 3.8) is 0 Å². The van der Waals surface area contributed by atoms with Crippen LogP contribution in [0.15, 0.2) is 36.7 Å². The Hall–Kier alpha value is -3.40. The van der Waals surface area contributed by atoms with Crippen molar-refractivity contribution >= 4 is 23.2 Å². The van der Waals surface area contributed by atoms with Crippen LogP contribution in [0.3, 0.4) is 0 Å². The van der Waals surface area contributed by atoms with Gasteiger partial charge in [-0.25, -0.2) is 4.68 Å². The van der Waals surface area contributed by atoms with Crippen molar-refractivity contribution in [1.29, 1.82) is 0 Å². The second-order valence-corrected chi connectivity index (χ2v) is 7.05. The van der Waals surface area contributed by atoms with Crippen LogP contribution >= 0.6 is 11.6 Å². The zero-order chi connectivity index (χ0) is 21.8. The van der Waals surface area contributed by atoms with Gasteiger partial charge in [0.2, 0.25) is 0 Å². The number of rotatable bonds is 8. The maximum atomic E-state index is 12.7. The van der Waals surface area contributed by atoms with Crippen LogP contribution in [0.5, 0.6) is 5.75 Å². The topological polar surface area (TPSA) is 108 Å². The lowest BCUT2D eigenvalue weighted by atomic mass is 10.2. The molecule has 2 aromatic heterocycles. The van der Waals surface area contributed by atoms with Crippen molar-refractivity contribution in [3.8, 4) is 5.75 Å². The number of carbonyl (C=O) groups excluding carboxylic acids is 1. The van der Waals surface area contributed by atoms with Gasteiger partial charge in [-0.05, 0) is 26.0 Å². The molecule has 30 heavy (non-hydrogen) atoms. The highest BCUT2D eigenvalue weighted by molar-refractivity contribution is 6.32. The largest absolute Gasteiger partial charge is 0.470 e. The first-order chi connectivity index (χ1) is 14.3. The molecule has 3 aromatic rings. The summed E-state index contributed by atoms with van der Waals surface area (Å²) < 4.78 is 8.82. The van der Waals surface area contributed by atoms with Gasteiger partial charge in [-0.1, -0.05) is 11.6 Å². The Labute approximate surface area is 177 Å². The molecule has 1 aromatic carbocycles. The summed E-state index contributed by atoms with van der Waals surface area (Å²) in [5.74, 6) is 0.0527. The van der Waals surface area contributed by atoms with E-state index >= 15 is 0 Å². The molecule has 0 saturated carbocycles. The van der Waals surface area contributed by atoms with Gasteiger partial charge in [0.25, 0.3) is 11.6 Å². The fourth-order valence-corrected chi connectivity index (χ4v) is 3.03. The molecule has 0 N–H and O–H groups in total. The van der Waals surface area contributed by atoms with E-state index in [2.05, 4.69) is 10.2 Å². The van der Waals surface area contributed by atoms with E-state index < -0.39 is 4.92 Å². The summed E-state index contributed by atoms with van der Waals surface area (Å²) >= 11 is 6.01. The molecular weight excluding hydrogens is 412 g/mol. The minimum Gasteiger partial charge on any atom is -0.470 e. The van der Waals surface area contributed by atoms with E-state index in [1.165, 1.54) is 22.9 Å². The molecule has 11 heteroatoms. The van der Waals surface area contributed by atoms with Crippen LogP contribution in [0, 0.1) is 17.0 Å². The number of nitro benzene ring substituents is 1. The highest BCUT2D eigenvalue weighted by atomic mass is 35.5. The molecule has 0 saturated heterocycles. The lowest BCUT2D eigenvalue weighted by Gasteiger charge is -2.15. The summed E-state index contributed by atoms with van der Waals surface area (Å²) in [4.78, 5) is 24.5. The highest BCUT2D eigenvalue weighted by Gasteiger charge is 2.17. The van der Waals surface area contributed by atoms with Gasteiger partial charge in [-0.3, -0.25) is 19.6 Å². The number of halogens is 1. The molecule has 0 aliphatic rings. The Bertz CT molecular complexity index is 1080. The van der Waals surface area contributed by atoms with E-state index in [-0.39, 0.29) is 34.8 Å². The Morgan fingerprint density at radius 3 is 2.70 bits per heavy atom. The molecule has 0 radical (unpaired) electrons. The third-order valence-corrected chi connectivity index (χ3v) is 4.76. The Morgan fingerprint density at radius 1 is 1.30 bits per heavy atom. The zero-order valence-electron chi connectivity index (χ0n) is 16.8. The minimum absolute atomic E-state index is 0.00307. The average molecular weight is 433 g/mol. The Balaban J connectivity index is 1.62. The van der Waals surface area contributed by atoms with Crippen molar-refractivity contribution in [2.75, 3.05) is 7.05 Å². The second kappa shape index (κ2) is 8.95. The van der Waals surface area contributed by atoms with Gasteiger partial charge < -0.3 is 9.64 Å². The van der Waals surface area contributed by atoms with Gasteiger partial charge in [0.1, 0.15) is 5.75 Å². The molecule has 1 amide bonds. The summed E-state index contributed by atoms with van der Waals surface area (Å²) in [6, 6.07) is 5.54. The Kier molecular flexibility index (Phi) is 6.36. The quantitative estimate of drug-likeness (QED) is 0.399. The van der Waals surface area contributed by atoms with Gasteiger partial charge in [0, 0.05) is 50.2 Å². The number of aryl methyl sites for hydroxylation is 2. The Morgan fingerprint density at radius 2 is 2.07 bits per heavy atom. The summed E-state index contributed by atoms with van der Waals surface area (Å²) in [5.41, 5.74) is 2.01. The first-order valence-electron chi connectivity index (χ1n) is 9.17. The number of non-ortho nitro benzene ring substituents is 1. The van der Waals surface area contributed by atoms with Crippen LogP contribution in [0.2, 0.25) is 5.02 Å². The first kappa shape index (κ1) is 21.3. The van der Waals surface area contributed by atoms with Gasteiger partial charge in [0.05, 0.1) is 15.6 Å². The molecule has 0 fully saturated rings. The lowest BCUT2D eigenvalue weighted by molar-refractivity contribution is -0.384. The van der Waals surface area contributed by atoms with Crippen LogP contribution < -0.4 is 4.74 Å². The minimum atomic E-state index is -0.535. The average Bonchev–Trinajstić information content (AvgIpc) is 3.33. The number of hydrogen-bond donors (Lipinski definition) is 0. The van der Waals surface area contributed by atoms with Crippen molar-refractivity contribution in [1.82, 2.24) is 24.5 Å².